The molecule has 0 spiro atoms. The van der Waals surface area contributed by atoms with E-state index in [0.29, 0.717) is 5.69 Å². The van der Waals surface area contributed by atoms with Gasteiger partial charge in [0.1, 0.15) is 11.4 Å². The van der Waals surface area contributed by atoms with Crippen LogP contribution in [0, 0.1) is 5.41 Å². The molecule has 0 saturated heterocycles. The van der Waals surface area contributed by atoms with Gasteiger partial charge in [-0.25, -0.2) is 8.78 Å². The summed E-state index contributed by atoms with van der Waals surface area (Å²) < 4.78 is 32.8. The van der Waals surface area contributed by atoms with Crippen molar-refractivity contribution in [2.45, 2.75) is 45.8 Å². The van der Waals surface area contributed by atoms with Gasteiger partial charge in [0.25, 0.3) is 6.43 Å². The molecule has 2 aromatic heterocycles. The minimum absolute atomic E-state index is 0.0478. The molecule has 0 aromatic carbocycles. The number of alkyl halides is 2. The fourth-order valence-electron chi connectivity index (χ4n) is 2.41. The van der Waals surface area contributed by atoms with Crippen molar-refractivity contribution in [3.63, 3.8) is 0 Å². The van der Waals surface area contributed by atoms with E-state index in [1.165, 1.54) is 20.1 Å². The highest BCUT2D eigenvalue weighted by Crippen LogP contribution is 2.40. The molecule has 0 aliphatic carbocycles. The largest absolute Gasteiger partial charge is 0.472 e. The molecule has 1 N–H and O–H groups in total. The van der Waals surface area contributed by atoms with Crippen molar-refractivity contribution in [1.29, 1.82) is 0 Å². The average Bonchev–Trinajstić information content (AvgIpc) is 3.14. The molecule has 7 heteroatoms. The Labute approximate surface area is 132 Å². The van der Waals surface area contributed by atoms with Crippen LogP contribution in [0.3, 0.4) is 0 Å². The normalized spacial score (nSPS) is 17.0. The fourth-order valence-corrected chi connectivity index (χ4v) is 2.41. The summed E-state index contributed by atoms with van der Waals surface area (Å²) in [6.45, 7) is 3.81. The van der Waals surface area contributed by atoms with Gasteiger partial charge in [-0.15, -0.1) is 0 Å². The Bertz CT molecular complexity index is 665. The van der Waals surface area contributed by atoms with Crippen molar-refractivity contribution >= 4 is 5.78 Å². The Morgan fingerprint density at radius 2 is 2.13 bits per heavy atom. The predicted octanol–water partition coefficient (Wildman–Crippen LogP) is 3.14. The van der Waals surface area contributed by atoms with Crippen LogP contribution in [0.2, 0.25) is 0 Å². The molecule has 0 radical (unpaired) electrons. The van der Waals surface area contributed by atoms with Crippen LogP contribution in [0.4, 0.5) is 8.78 Å². The van der Waals surface area contributed by atoms with Crippen LogP contribution in [0.5, 0.6) is 0 Å². The highest BCUT2D eigenvalue weighted by Gasteiger charge is 2.52. The van der Waals surface area contributed by atoms with Crippen LogP contribution in [-0.4, -0.2) is 32.7 Å². The number of aromatic nitrogens is 2. The predicted molar refractivity (Wildman–Crippen MR) is 80.0 cm³/mol. The first-order chi connectivity index (χ1) is 10.7. The highest BCUT2D eigenvalue weighted by atomic mass is 19.3. The summed E-state index contributed by atoms with van der Waals surface area (Å²) in [7, 11) is 0. The van der Waals surface area contributed by atoms with Gasteiger partial charge in [0, 0.05) is 18.3 Å². The van der Waals surface area contributed by atoms with Gasteiger partial charge in [-0.3, -0.25) is 9.48 Å². The molecule has 0 amide bonds. The zero-order chi connectivity index (χ0) is 17.3. The third-order valence-electron chi connectivity index (χ3n) is 4.62. The molecule has 2 heterocycles. The number of hydrogen-bond acceptors (Lipinski definition) is 4. The molecule has 2 aromatic rings. The highest BCUT2D eigenvalue weighted by molar-refractivity contribution is 5.83. The molecule has 23 heavy (non-hydrogen) atoms. The standard InChI is InChI=1S/C16H20F2N2O3/c1-11(21)15(2,16(3,22)14(17)18)6-8-20-7-4-13(19-20)12-5-9-23-10-12/h4-5,7,9-10,14,22H,6,8H2,1-3H3. The van der Waals surface area contributed by atoms with Crippen LogP contribution >= 0.6 is 0 Å². The van der Waals surface area contributed by atoms with Crippen molar-refractivity contribution in [2.24, 2.45) is 5.41 Å². The first-order valence-corrected chi connectivity index (χ1v) is 7.26. The lowest BCUT2D eigenvalue weighted by Gasteiger charge is -2.40. The van der Waals surface area contributed by atoms with Crippen molar-refractivity contribution in [3.05, 3.63) is 30.9 Å². The molecule has 126 valence electrons. The van der Waals surface area contributed by atoms with Gasteiger partial charge in [0.2, 0.25) is 0 Å². The zero-order valence-corrected chi connectivity index (χ0v) is 13.3. The number of aryl methyl sites for hydroxylation is 1. The Morgan fingerprint density at radius 3 is 2.65 bits per heavy atom. The van der Waals surface area contributed by atoms with E-state index < -0.39 is 23.2 Å². The van der Waals surface area contributed by atoms with E-state index in [-0.39, 0.29) is 13.0 Å². The first-order valence-electron chi connectivity index (χ1n) is 7.26. The number of Topliss-reactive ketones (excluding diaryl/α,β-unsaturated/α-hetero) is 1. The number of halogens is 2. The Morgan fingerprint density at radius 1 is 1.43 bits per heavy atom. The summed E-state index contributed by atoms with van der Waals surface area (Å²) in [5, 5.41) is 14.4. The topological polar surface area (TPSA) is 68.3 Å². The van der Waals surface area contributed by atoms with Gasteiger partial charge in [-0.05, 0) is 39.3 Å². The van der Waals surface area contributed by atoms with Crippen molar-refractivity contribution in [3.8, 4) is 11.3 Å². The summed E-state index contributed by atoms with van der Waals surface area (Å²) in [6, 6.07) is 3.52. The van der Waals surface area contributed by atoms with Gasteiger partial charge in [-0.2, -0.15) is 5.10 Å². The summed E-state index contributed by atoms with van der Waals surface area (Å²) in [5.41, 5.74) is -2.48. The van der Waals surface area contributed by atoms with Gasteiger partial charge in [0.15, 0.2) is 0 Å². The molecular formula is C16H20F2N2O3. The number of hydrogen-bond donors (Lipinski definition) is 1. The van der Waals surface area contributed by atoms with Crippen LogP contribution in [0.1, 0.15) is 27.2 Å². The van der Waals surface area contributed by atoms with Crippen molar-refractivity contribution in [1.82, 2.24) is 9.78 Å². The molecule has 2 rings (SSSR count). The number of aliphatic hydroxyl groups is 1. The van der Waals surface area contributed by atoms with Crippen LogP contribution in [0.25, 0.3) is 11.3 Å². The molecule has 2 atom stereocenters. The van der Waals surface area contributed by atoms with Crippen LogP contribution in [0.15, 0.2) is 35.3 Å². The molecule has 2 unspecified atom stereocenters. The number of carbonyl (C=O) groups is 1. The molecule has 0 aliphatic rings. The number of ketones is 1. The van der Waals surface area contributed by atoms with E-state index in [9.17, 15) is 18.7 Å². The Balaban J connectivity index is 2.15. The second kappa shape index (κ2) is 6.23. The Kier molecular flexibility index (Phi) is 4.70. The number of furan rings is 1. The van der Waals surface area contributed by atoms with E-state index >= 15 is 0 Å². The zero-order valence-electron chi connectivity index (χ0n) is 13.3. The van der Waals surface area contributed by atoms with E-state index in [4.69, 9.17) is 4.42 Å². The van der Waals surface area contributed by atoms with E-state index in [0.717, 1.165) is 12.5 Å². The third kappa shape index (κ3) is 3.19. The van der Waals surface area contributed by atoms with Gasteiger partial charge in [-0.1, -0.05) is 0 Å². The molecule has 0 aliphatic heterocycles. The SMILES string of the molecule is CC(=O)C(C)(CCn1ccc(-c2ccoc2)n1)C(C)(O)C(F)F. The smallest absolute Gasteiger partial charge is 0.267 e. The molecule has 0 saturated carbocycles. The fraction of sp³-hybridized carbons (Fsp3) is 0.500. The number of nitrogens with zero attached hydrogens (tertiary/aromatic N) is 2. The number of carbonyl (C=O) groups excluding carboxylic acids is 1. The average molecular weight is 326 g/mol. The number of rotatable bonds is 7. The van der Waals surface area contributed by atoms with Gasteiger partial charge < -0.3 is 9.52 Å². The lowest BCUT2D eigenvalue weighted by molar-refractivity contribution is -0.174. The Hall–Kier alpha value is -2.02. The maximum absolute atomic E-state index is 13.1. The maximum atomic E-state index is 13.1. The van der Waals surface area contributed by atoms with Gasteiger partial charge >= 0.3 is 0 Å². The first kappa shape index (κ1) is 17.3. The van der Waals surface area contributed by atoms with Crippen molar-refractivity contribution < 1.29 is 23.1 Å². The lowest BCUT2D eigenvalue weighted by Crippen LogP contribution is -2.53. The quantitative estimate of drug-likeness (QED) is 0.849. The minimum Gasteiger partial charge on any atom is -0.472 e. The maximum Gasteiger partial charge on any atom is 0.267 e. The summed E-state index contributed by atoms with van der Waals surface area (Å²) >= 11 is 0. The summed E-state index contributed by atoms with van der Waals surface area (Å²) in [6.07, 6.45) is 1.80. The molecule has 5 nitrogen and oxygen atoms in total. The van der Waals surface area contributed by atoms with Crippen LogP contribution in [-0.2, 0) is 11.3 Å². The van der Waals surface area contributed by atoms with E-state index in [2.05, 4.69) is 5.10 Å². The lowest BCUT2D eigenvalue weighted by atomic mass is 9.69. The second-order valence-corrected chi connectivity index (χ2v) is 6.06. The second-order valence-electron chi connectivity index (χ2n) is 6.06. The molecular weight excluding hydrogens is 306 g/mol. The van der Waals surface area contributed by atoms with Crippen LogP contribution < -0.4 is 0 Å². The monoisotopic (exact) mass is 326 g/mol. The molecule has 0 fully saturated rings. The van der Waals surface area contributed by atoms with Gasteiger partial charge in [0.05, 0.1) is 23.6 Å². The molecule has 0 bridgehead atoms. The summed E-state index contributed by atoms with van der Waals surface area (Å²) in [4.78, 5) is 11.9. The summed E-state index contributed by atoms with van der Waals surface area (Å²) in [5.74, 6) is -0.481. The van der Waals surface area contributed by atoms with E-state index in [1.807, 2.05) is 0 Å². The minimum atomic E-state index is -3.02. The van der Waals surface area contributed by atoms with Crippen molar-refractivity contribution in [2.75, 3.05) is 0 Å². The van der Waals surface area contributed by atoms with E-state index in [1.54, 1.807) is 29.3 Å². The third-order valence-corrected chi connectivity index (χ3v) is 4.62.